The molecule has 0 bridgehead atoms. The Labute approximate surface area is 148 Å². The van der Waals surface area contributed by atoms with E-state index in [-0.39, 0.29) is 30.4 Å². The largest absolute Gasteiger partial charge is 0.496 e. The lowest BCUT2D eigenvalue weighted by Crippen LogP contribution is -2.30. The van der Waals surface area contributed by atoms with Gasteiger partial charge in [0, 0.05) is 38.9 Å². The molecule has 1 aromatic carbocycles. The molecule has 1 saturated heterocycles. The number of amides is 2. The van der Waals surface area contributed by atoms with Crippen LogP contribution in [0.1, 0.15) is 48.0 Å². The summed E-state index contributed by atoms with van der Waals surface area (Å²) in [5.41, 5.74) is 1.49. The Morgan fingerprint density at radius 3 is 2.76 bits per heavy atom. The van der Waals surface area contributed by atoms with Crippen LogP contribution in [0, 0.1) is 6.92 Å². The zero-order valence-corrected chi connectivity index (χ0v) is 15.0. The number of ether oxygens (including phenoxy) is 1. The number of ketones is 1. The van der Waals surface area contributed by atoms with Crippen LogP contribution in [0.3, 0.4) is 0 Å². The molecule has 6 nitrogen and oxygen atoms in total. The number of carbonyl (C=O) groups excluding carboxylic acids is 3. The first-order valence-corrected chi connectivity index (χ1v) is 8.73. The van der Waals surface area contributed by atoms with Gasteiger partial charge < -0.3 is 15.0 Å². The van der Waals surface area contributed by atoms with Crippen molar-refractivity contribution in [2.75, 3.05) is 26.7 Å². The second kappa shape index (κ2) is 9.20. The van der Waals surface area contributed by atoms with Crippen LogP contribution < -0.4 is 10.1 Å². The molecular weight excluding hydrogens is 320 g/mol. The molecule has 0 atom stereocenters. The van der Waals surface area contributed by atoms with Crippen molar-refractivity contribution in [2.45, 2.75) is 39.0 Å². The highest BCUT2D eigenvalue weighted by Gasteiger charge is 2.19. The van der Waals surface area contributed by atoms with Crippen LogP contribution in [0.25, 0.3) is 0 Å². The van der Waals surface area contributed by atoms with Crippen LogP contribution in [0.4, 0.5) is 0 Å². The molecule has 2 rings (SSSR count). The average Bonchev–Trinajstić information content (AvgIpc) is 3.01. The monoisotopic (exact) mass is 346 g/mol. The number of rotatable bonds is 9. The number of nitrogens with zero attached hydrogens (tertiary/aromatic N) is 1. The molecule has 0 aromatic heterocycles. The maximum Gasteiger partial charge on any atom is 0.222 e. The van der Waals surface area contributed by atoms with E-state index in [2.05, 4.69) is 5.32 Å². The Morgan fingerprint density at radius 2 is 2.08 bits per heavy atom. The number of likely N-dealkylation sites (tertiary alicyclic amines) is 1. The number of benzene rings is 1. The van der Waals surface area contributed by atoms with E-state index in [0.717, 1.165) is 24.9 Å². The predicted octanol–water partition coefficient (Wildman–Crippen LogP) is 2.10. The molecular formula is C19H26N2O4. The van der Waals surface area contributed by atoms with Gasteiger partial charge in [-0.3, -0.25) is 14.4 Å². The fourth-order valence-corrected chi connectivity index (χ4v) is 2.93. The molecule has 1 N–H and O–H groups in total. The summed E-state index contributed by atoms with van der Waals surface area (Å²) in [5, 5.41) is 2.81. The fourth-order valence-electron chi connectivity index (χ4n) is 2.93. The van der Waals surface area contributed by atoms with Crippen LogP contribution in [0.2, 0.25) is 0 Å². The van der Waals surface area contributed by atoms with Crippen LogP contribution in [0.5, 0.6) is 5.75 Å². The fraction of sp³-hybridized carbons (Fsp3) is 0.526. The van der Waals surface area contributed by atoms with Gasteiger partial charge in [0.2, 0.25) is 11.8 Å². The number of carbonyl (C=O) groups is 3. The van der Waals surface area contributed by atoms with E-state index in [1.807, 2.05) is 17.9 Å². The minimum absolute atomic E-state index is 0.0987. The third-order valence-corrected chi connectivity index (χ3v) is 4.33. The van der Waals surface area contributed by atoms with Crippen molar-refractivity contribution in [3.63, 3.8) is 0 Å². The van der Waals surface area contributed by atoms with Gasteiger partial charge in [-0.05, 0) is 31.9 Å². The molecule has 136 valence electrons. The van der Waals surface area contributed by atoms with Crippen LogP contribution in [-0.4, -0.2) is 49.2 Å². The zero-order chi connectivity index (χ0) is 18.2. The van der Waals surface area contributed by atoms with Crippen molar-refractivity contribution in [3.8, 4) is 5.75 Å². The van der Waals surface area contributed by atoms with Gasteiger partial charge in [0.1, 0.15) is 5.75 Å². The highest BCUT2D eigenvalue weighted by molar-refractivity contribution is 6.00. The lowest BCUT2D eigenvalue weighted by Gasteiger charge is -2.15. The summed E-state index contributed by atoms with van der Waals surface area (Å²) in [7, 11) is 1.53. The summed E-state index contributed by atoms with van der Waals surface area (Å²) < 4.78 is 5.21. The van der Waals surface area contributed by atoms with Gasteiger partial charge in [-0.25, -0.2) is 0 Å². The van der Waals surface area contributed by atoms with E-state index in [1.54, 1.807) is 12.1 Å². The number of methoxy groups -OCH3 is 1. The maximum atomic E-state index is 12.3. The normalized spacial score (nSPS) is 13.8. The molecule has 0 spiro atoms. The summed E-state index contributed by atoms with van der Waals surface area (Å²) in [4.78, 5) is 37.5. The molecule has 2 amide bonds. The summed E-state index contributed by atoms with van der Waals surface area (Å²) in [6.07, 6.45) is 2.60. The number of nitrogens with one attached hydrogen (secondary N) is 1. The van der Waals surface area contributed by atoms with Crippen molar-refractivity contribution in [2.24, 2.45) is 0 Å². The van der Waals surface area contributed by atoms with Gasteiger partial charge >= 0.3 is 0 Å². The molecule has 0 unspecified atom stereocenters. The first-order chi connectivity index (χ1) is 12.0. The predicted molar refractivity (Wildman–Crippen MR) is 94.7 cm³/mol. The second-order valence-corrected chi connectivity index (χ2v) is 6.31. The van der Waals surface area contributed by atoms with Gasteiger partial charge in [0.25, 0.3) is 0 Å². The summed E-state index contributed by atoms with van der Waals surface area (Å²) >= 11 is 0. The standard InChI is InChI=1S/C19H26N2O4/c1-14-6-8-17(25-2)15(13-14)16(22)7-9-18(23)20-10-4-12-21-11-3-5-19(21)24/h6,8,13H,3-5,7,9-12H2,1-2H3,(H,20,23). The third kappa shape index (κ3) is 5.59. The molecule has 1 fully saturated rings. The molecule has 6 heteroatoms. The van der Waals surface area contributed by atoms with E-state index in [1.165, 1.54) is 7.11 Å². The summed E-state index contributed by atoms with van der Waals surface area (Å²) in [5.74, 6) is 0.487. The highest BCUT2D eigenvalue weighted by atomic mass is 16.5. The Kier molecular flexibility index (Phi) is 6.98. The van der Waals surface area contributed by atoms with Gasteiger partial charge in [-0.15, -0.1) is 0 Å². The van der Waals surface area contributed by atoms with E-state index in [4.69, 9.17) is 4.74 Å². The van der Waals surface area contributed by atoms with Crippen molar-refractivity contribution < 1.29 is 19.1 Å². The van der Waals surface area contributed by atoms with Gasteiger partial charge in [0.05, 0.1) is 12.7 Å². The van der Waals surface area contributed by atoms with Gasteiger partial charge in [0.15, 0.2) is 5.78 Å². The first-order valence-electron chi connectivity index (χ1n) is 8.73. The Bertz CT molecular complexity index is 642. The molecule has 1 aliphatic rings. The van der Waals surface area contributed by atoms with Crippen molar-refractivity contribution in [1.82, 2.24) is 10.2 Å². The minimum Gasteiger partial charge on any atom is -0.496 e. The van der Waals surface area contributed by atoms with Crippen molar-refractivity contribution >= 4 is 17.6 Å². The topological polar surface area (TPSA) is 75.7 Å². The zero-order valence-electron chi connectivity index (χ0n) is 15.0. The Hall–Kier alpha value is -2.37. The average molecular weight is 346 g/mol. The van der Waals surface area contributed by atoms with E-state index < -0.39 is 0 Å². The second-order valence-electron chi connectivity index (χ2n) is 6.31. The molecule has 0 aliphatic carbocycles. The third-order valence-electron chi connectivity index (χ3n) is 4.33. The summed E-state index contributed by atoms with van der Waals surface area (Å²) in [6.45, 7) is 3.93. The Balaban J connectivity index is 1.70. The summed E-state index contributed by atoms with van der Waals surface area (Å²) in [6, 6.07) is 5.43. The number of aryl methyl sites for hydroxylation is 1. The minimum atomic E-state index is -0.146. The smallest absolute Gasteiger partial charge is 0.222 e. The lowest BCUT2D eigenvalue weighted by molar-refractivity contribution is -0.127. The van der Waals surface area contributed by atoms with E-state index in [0.29, 0.717) is 30.8 Å². The number of hydrogen-bond donors (Lipinski definition) is 1. The number of hydrogen-bond acceptors (Lipinski definition) is 4. The first kappa shape index (κ1) is 19.0. The molecule has 25 heavy (non-hydrogen) atoms. The Morgan fingerprint density at radius 1 is 1.28 bits per heavy atom. The SMILES string of the molecule is COc1ccc(C)cc1C(=O)CCC(=O)NCCCN1CCCC1=O. The van der Waals surface area contributed by atoms with Crippen LogP contribution in [0.15, 0.2) is 18.2 Å². The molecule has 1 heterocycles. The maximum absolute atomic E-state index is 12.3. The van der Waals surface area contributed by atoms with Crippen LogP contribution >= 0.6 is 0 Å². The number of Topliss-reactive ketones (excluding diaryl/α,β-unsaturated/α-hetero) is 1. The molecule has 1 aromatic rings. The molecule has 0 radical (unpaired) electrons. The van der Waals surface area contributed by atoms with Gasteiger partial charge in [-0.1, -0.05) is 11.6 Å². The van der Waals surface area contributed by atoms with Crippen LogP contribution in [-0.2, 0) is 9.59 Å². The van der Waals surface area contributed by atoms with Gasteiger partial charge in [-0.2, -0.15) is 0 Å². The highest BCUT2D eigenvalue weighted by Crippen LogP contribution is 2.21. The lowest BCUT2D eigenvalue weighted by atomic mass is 10.0. The van der Waals surface area contributed by atoms with E-state index in [9.17, 15) is 14.4 Å². The molecule has 0 saturated carbocycles. The van der Waals surface area contributed by atoms with Crippen molar-refractivity contribution in [3.05, 3.63) is 29.3 Å². The quantitative estimate of drug-likeness (QED) is 0.549. The van der Waals surface area contributed by atoms with E-state index >= 15 is 0 Å². The van der Waals surface area contributed by atoms with Crippen molar-refractivity contribution in [1.29, 1.82) is 0 Å². The molecule has 1 aliphatic heterocycles.